The lowest BCUT2D eigenvalue weighted by molar-refractivity contribution is 0.282. The standard InChI is InChI=1S/C14H15O3P/c1-17-12-4-8-14(9-5-12)18(16)13-6-2-11(10-15)3-7-13/h2-9,15,18H,10H2,1H3. The van der Waals surface area contributed by atoms with Crippen molar-refractivity contribution in [3.63, 3.8) is 0 Å². The monoisotopic (exact) mass is 262 g/mol. The number of aliphatic hydroxyl groups is 1. The summed E-state index contributed by atoms with van der Waals surface area (Å²) in [5, 5.41) is 10.6. The lowest BCUT2D eigenvalue weighted by Crippen LogP contribution is -2.06. The Bertz CT molecular complexity index is 482. The highest BCUT2D eigenvalue weighted by Gasteiger charge is 2.06. The van der Waals surface area contributed by atoms with E-state index in [1.807, 2.05) is 12.1 Å². The van der Waals surface area contributed by atoms with Crippen molar-refractivity contribution in [2.75, 3.05) is 7.11 Å². The Hall–Kier alpha value is -1.57. The van der Waals surface area contributed by atoms with E-state index in [-0.39, 0.29) is 6.61 Å². The molecule has 2 aromatic rings. The second kappa shape index (κ2) is 5.85. The molecule has 1 unspecified atom stereocenters. The highest BCUT2D eigenvalue weighted by atomic mass is 31.1. The first-order chi connectivity index (χ1) is 8.74. The minimum Gasteiger partial charge on any atom is -0.497 e. The van der Waals surface area contributed by atoms with Gasteiger partial charge in [0.15, 0.2) is 0 Å². The molecule has 0 saturated heterocycles. The molecule has 0 heterocycles. The van der Waals surface area contributed by atoms with Crippen LogP contribution in [0.1, 0.15) is 5.56 Å². The second-order valence-electron chi connectivity index (χ2n) is 3.91. The number of hydrogen-bond donors (Lipinski definition) is 1. The van der Waals surface area contributed by atoms with Crippen molar-refractivity contribution in [3.05, 3.63) is 54.1 Å². The minimum absolute atomic E-state index is 0.00372. The SMILES string of the molecule is COc1ccc([PH](=O)c2ccc(CO)cc2)cc1. The van der Waals surface area contributed by atoms with Crippen molar-refractivity contribution in [1.82, 2.24) is 0 Å². The molecule has 0 radical (unpaired) electrons. The van der Waals surface area contributed by atoms with E-state index in [1.165, 1.54) is 0 Å². The molecule has 0 aliphatic rings. The molecule has 2 rings (SSSR count). The van der Waals surface area contributed by atoms with Crippen LogP contribution in [-0.2, 0) is 11.2 Å². The first kappa shape index (κ1) is 12.9. The van der Waals surface area contributed by atoms with Crippen LogP contribution < -0.4 is 15.3 Å². The summed E-state index contributed by atoms with van der Waals surface area (Å²) in [5.41, 5.74) is 0.822. The summed E-state index contributed by atoms with van der Waals surface area (Å²) >= 11 is 0. The fourth-order valence-corrected chi connectivity index (χ4v) is 2.94. The molecule has 0 aliphatic heterocycles. The van der Waals surface area contributed by atoms with Crippen LogP contribution in [0.15, 0.2) is 48.5 Å². The second-order valence-corrected chi connectivity index (χ2v) is 5.73. The number of rotatable bonds is 4. The van der Waals surface area contributed by atoms with Gasteiger partial charge in [0.1, 0.15) is 13.6 Å². The molecule has 3 nitrogen and oxygen atoms in total. The number of aliphatic hydroxyl groups excluding tert-OH is 1. The van der Waals surface area contributed by atoms with Gasteiger partial charge in [0.2, 0.25) is 0 Å². The molecule has 1 N–H and O–H groups in total. The predicted octanol–water partition coefficient (Wildman–Crippen LogP) is 1.70. The summed E-state index contributed by atoms with van der Waals surface area (Å²) in [6.07, 6.45) is 0. The third-order valence-corrected chi connectivity index (χ3v) is 4.47. The predicted molar refractivity (Wildman–Crippen MR) is 73.6 cm³/mol. The molecular weight excluding hydrogens is 247 g/mol. The van der Waals surface area contributed by atoms with E-state index in [9.17, 15) is 4.57 Å². The molecule has 0 aliphatic carbocycles. The summed E-state index contributed by atoms with van der Waals surface area (Å²) < 4.78 is 17.4. The maximum Gasteiger partial charge on any atom is 0.131 e. The highest BCUT2D eigenvalue weighted by molar-refractivity contribution is 7.61. The molecule has 18 heavy (non-hydrogen) atoms. The van der Waals surface area contributed by atoms with Gasteiger partial charge in [0, 0.05) is 10.6 Å². The fraction of sp³-hybridized carbons (Fsp3) is 0.143. The third-order valence-electron chi connectivity index (χ3n) is 2.75. The molecule has 0 amide bonds. The van der Waals surface area contributed by atoms with Gasteiger partial charge in [0.25, 0.3) is 0 Å². The average molecular weight is 262 g/mol. The molecule has 2 aromatic carbocycles. The quantitative estimate of drug-likeness (QED) is 0.853. The Balaban J connectivity index is 2.23. The molecule has 4 heteroatoms. The lowest BCUT2D eigenvalue weighted by atomic mass is 10.2. The van der Waals surface area contributed by atoms with Gasteiger partial charge >= 0.3 is 0 Å². The van der Waals surface area contributed by atoms with Gasteiger partial charge in [-0.1, -0.05) is 24.3 Å². The zero-order valence-electron chi connectivity index (χ0n) is 10.1. The number of ether oxygens (including phenoxy) is 1. The van der Waals surface area contributed by atoms with Gasteiger partial charge in [-0.3, -0.25) is 0 Å². The first-order valence-electron chi connectivity index (χ1n) is 5.63. The van der Waals surface area contributed by atoms with Gasteiger partial charge in [-0.25, -0.2) is 0 Å². The van der Waals surface area contributed by atoms with Gasteiger partial charge in [0.05, 0.1) is 13.7 Å². The van der Waals surface area contributed by atoms with Crippen LogP contribution in [0.4, 0.5) is 0 Å². The van der Waals surface area contributed by atoms with Crippen LogP contribution in [0.5, 0.6) is 5.75 Å². The maximum absolute atomic E-state index is 12.3. The fourth-order valence-electron chi connectivity index (χ4n) is 1.67. The van der Waals surface area contributed by atoms with Crippen molar-refractivity contribution in [3.8, 4) is 5.75 Å². The Morgan fingerprint density at radius 2 is 1.50 bits per heavy atom. The molecule has 0 aromatic heterocycles. The summed E-state index contributed by atoms with van der Waals surface area (Å²) in [6.45, 7) is 0.00372. The molecule has 94 valence electrons. The Morgan fingerprint density at radius 3 is 1.94 bits per heavy atom. The topological polar surface area (TPSA) is 46.5 Å². The number of methoxy groups -OCH3 is 1. The maximum atomic E-state index is 12.3. The Labute approximate surface area is 107 Å². The number of hydrogen-bond acceptors (Lipinski definition) is 3. The summed E-state index contributed by atoms with van der Waals surface area (Å²) in [6, 6.07) is 14.4. The lowest BCUT2D eigenvalue weighted by Gasteiger charge is -2.05. The smallest absolute Gasteiger partial charge is 0.131 e. The van der Waals surface area contributed by atoms with E-state index in [2.05, 4.69) is 0 Å². The van der Waals surface area contributed by atoms with Crippen molar-refractivity contribution in [2.24, 2.45) is 0 Å². The third kappa shape index (κ3) is 2.81. The zero-order chi connectivity index (χ0) is 13.0. The summed E-state index contributed by atoms with van der Waals surface area (Å²) in [4.78, 5) is 0. The molecule has 0 bridgehead atoms. The Morgan fingerprint density at radius 1 is 1.00 bits per heavy atom. The summed E-state index contributed by atoms with van der Waals surface area (Å²) in [7, 11) is -0.378. The van der Waals surface area contributed by atoms with Gasteiger partial charge in [-0.15, -0.1) is 0 Å². The van der Waals surface area contributed by atoms with Crippen molar-refractivity contribution in [2.45, 2.75) is 6.61 Å². The van der Waals surface area contributed by atoms with Gasteiger partial charge in [-0.2, -0.15) is 0 Å². The van der Waals surface area contributed by atoms with E-state index in [0.717, 1.165) is 21.9 Å². The van der Waals surface area contributed by atoms with Crippen molar-refractivity contribution >= 4 is 18.4 Å². The van der Waals surface area contributed by atoms with Crippen LogP contribution in [0.2, 0.25) is 0 Å². The van der Waals surface area contributed by atoms with Crippen molar-refractivity contribution < 1.29 is 14.4 Å². The molecule has 1 atom stereocenters. The molecule has 0 fully saturated rings. The molecular formula is C14H15O3P. The highest BCUT2D eigenvalue weighted by Crippen LogP contribution is 2.21. The van der Waals surface area contributed by atoms with E-state index in [4.69, 9.17) is 9.84 Å². The molecule has 0 spiro atoms. The van der Waals surface area contributed by atoms with E-state index in [0.29, 0.717) is 0 Å². The molecule has 0 saturated carbocycles. The van der Waals surface area contributed by atoms with Crippen LogP contribution in [0.25, 0.3) is 0 Å². The van der Waals surface area contributed by atoms with Crippen LogP contribution in [-0.4, -0.2) is 12.2 Å². The van der Waals surface area contributed by atoms with E-state index < -0.39 is 7.80 Å². The van der Waals surface area contributed by atoms with E-state index >= 15 is 0 Å². The van der Waals surface area contributed by atoms with Crippen LogP contribution >= 0.6 is 7.80 Å². The van der Waals surface area contributed by atoms with E-state index in [1.54, 1.807) is 43.5 Å². The normalized spacial score (nSPS) is 12.1. The zero-order valence-corrected chi connectivity index (χ0v) is 11.1. The van der Waals surface area contributed by atoms with Crippen molar-refractivity contribution in [1.29, 1.82) is 0 Å². The number of benzene rings is 2. The van der Waals surface area contributed by atoms with Crippen LogP contribution in [0, 0.1) is 0 Å². The average Bonchev–Trinajstić information content (AvgIpc) is 2.47. The summed E-state index contributed by atoms with van der Waals surface area (Å²) in [5.74, 6) is 0.754. The first-order valence-corrected chi connectivity index (χ1v) is 7.04. The van der Waals surface area contributed by atoms with Gasteiger partial charge < -0.3 is 14.4 Å². The Kier molecular flexibility index (Phi) is 4.19. The largest absolute Gasteiger partial charge is 0.497 e. The minimum atomic E-state index is -1.98. The van der Waals surface area contributed by atoms with Gasteiger partial charge in [-0.05, 0) is 29.8 Å². The van der Waals surface area contributed by atoms with Crippen LogP contribution in [0.3, 0.4) is 0 Å².